The fourth-order valence-electron chi connectivity index (χ4n) is 2.44. The summed E-state index contributed by atoms with van der Waals surface area (Å²) in [4.78, 5) is 32.7. The number of nitrogens with one attached hydrogen (secondary N) is 2. The number of nitrogens with two attached hydrogens (primary N) is 1. The van der Waals surface area contributed by atoms with Gasteiger partial charge in [0.1, 0.15) is 5.69 Å². The predicted molar refractivity (Wildman–Crippen MR) is 90.6 cm³/mol. The molecule has 2 rings (SSSR count). The van der Waals surface area contributed by atoms with Crippen molar-refractivity contribution in [3.63, 3.8) is 0 Å². The van der Waals surface area contributed by atoms with Crippen molar-refractivity contribution in [1.82, 2.24) is 5.43 Å². The van der Waals surface area contributed by atoms with Crippen LogP contribution in [0.2, 0.25) is 0 Å². The largest absolute Gasteiger partial charge is 0.349 e. The number of hydrogen-bond acceptors (Lipinski definition) is 7. The van der Waals surface area contributed by atoms with Crippen LogP contribution in [0, 0.1) is 34.1 Å². The van der Waals surface area contributed by atoms with Gasteiger partial charge in [0.05, 0.1) is 21.5 Å². The number of hydrogen-bond donors (Lipinski definition) is 3. The number of nitrogen functional groups attached to an aromatic ring is 1. The molecule has 0 aliphatic carbocycles. The minimum absolute atomic E-state index is 0.177. The first-order valence-corrected chi connectivity index (χ1v) is 7.06. The molecule has 0 atom stereocenters. The van der Waals surface area contributed by atoms with Gasteiger partial charge in [0.25, 0.3) is 17.3 Å². The molecule has 2 aromatic carbocycles. The van der Waals surface area contributed by atoms with Crippen molar-refractivity contribution >= 4 is 28.7 Å². The van der Waals surface area contributed by atoms with Gasteiger partial charge in [-0.2, -0.15) is 0 Å². The molecule has 4 N–H and O–H groups in total. The Hall–Kier alpha value is -3.53. The fraction of sp³-hybridized carbons (Fsp3) is 0.133. The van der Waals surface area contributed by atoms with E-state index in [9.17, 15) is 25.0 Å². The molecule has 1 amide bonds. The van der Waals surface area contributed by atoms with E-state index in [0.717, 1.165) is 23.3 Å². The molecule has 0 spiro atoms. The van der Waals surface area contributed by atoms with Gasteiger partial charge in [0.15, 0.2) is 0 Å². The Bertz CT molecular complexity index is 861. The molecular formula is C15H15N5O5. The lowest BCUT2D eigenvalue weighted by molar-refractivity contribution is -0.393. The molecule has 0 heterocycles. The normalized spacial score (nSPS) is 10.2. The summed E-state index contributed by atoms with van der Waals surface area (Å²) in [5.41, 5.74) is 2.47. The highest BCUT2D eigenvalue weighted by Crippen LogP contribution is 2.35. The summed E-state index contributed by atoms with van der Waals surface area (Å²) in [5.74, 6) is 4.21. The van der Waals surface area contributed by atoms with E-state index >= 15 is 0 Å². The highest BCUT2D eigenvalue weighted by Gasteiger charge is 2.27. The van der Waals surface area contributed by atoms with Gasteiger partial charge < -0.3 is 5.32 Å². The van der Waals surface area contributed by atoms with Crippen LogP contribution in [0.15, 0.2) is 30.3 Å². The predicted octanol–water partition coefficient (Wildman–Crippen LogP) is 2.47. The summed E-state index contributed by atoms with van der Waals surface area (Å²) < 4.78 is 0. The summed E-state index contributed by atoms with van der Waals surface area (Å²) in [6, 6.07) is 7.08. The number of non-ortho nitro benzene ring substituents is 1. The topological polar surface area (TPSA) is 153 Å². The molecule has 0 aliphatic rings. The van der Waals surface area contributed by atoms with Crippen molar-refractivity contribution in [2.75, 3.05) is 5.32 Å². The number of nitro benzene ring substituents is 2. The highest BCUT2D eigenvalue weighted by atomic mass is 16.6. The summed E-state index contributed by atoms with van der Waals surface area (Å²) in [7, 11) is 0. The first-order chi connectivity index (χ1) is 11.7. The second-order valence-electron chi connectivity index (χ2n) is 5.38. The van der Waals surface area contributed by atoms with E-state index in [4.69, 9.17) is 5.84 Å². The van der Waals surface area contributed by atoms with Gasteiger partial charge in [-0.15, -0.1) is 0 Å². The second-order valence-corrected chi connectivity index (χ2v) is 5.38. The van der Waals surface area contributed by atoms with Crippen molar-refractivity contribution in [2.24, 2.45) is 5.84 Å². The Morgan fingerprint density at radius 3 is 2.08 bits per heavy atom. The molecule has 0 saturated heterocycles. The summed E-state index contributed by atoms with van der Waals surface area (Å²) >= 11 is 0. The van der Waals surface area contributed by atoms with Crippen LogP contribution < -0.4 is 16.6 Å². The summed E-state index contributed by atoms with van der Waals surface area (Å²) in [6.45, 7) is 3.69. The monoisotopic (exact) mass is 345 g/mol. The molecule has 0 unspecified atom stereocenters. The van der Waals surface area contributed by atoms with E-state index in [1.165, 1.54) is 0 Å². The number of rotatable bonds is 5. The van der Waals surface area contributed by atoms with Crippen molar-refractivity contribution in [3.8, 4) is 0 Å². The third-order valence-electron chi connectivity index (χ3n) is 3.38. The number of hydrazine groups is 1. The fourth-order valence-corrected chi connectivity index (χ4v) is 2.44. The molecule has 10 nitrogen and oxygen atoms in total. The Kier molecular flexibility index (Phi) is 4.94. The van der Waals surface area contributed by atoms with Crippen molar-refractivity contribution in [2.45, 2.75) is 13.8 Å². The maximum Gasteiger partial charge on any atom is 0.300 e. The van der Waals surface area contributed by atoms with Crippen molar-refractivity contribution < 1.29 is 14.6 Å². The van der Waals surface area contributed by atoms with Gasteiger partial charge in [-0.05, 0) is 37.1 Å². The van der Waals surface area contributed by atoms with E-state index in [0.29, 0.717) is 5.69 Å². The lowest BCUT2D eigenvalue weighted by atomic mass is 10.1. The van der Waals surface area contributed by atoms with E-state index in [2.05, 4.69) is 5.32 Å². The van der Waals surface area contributed by atoms with Gasteiger partial charge in [-0.1, -0.05) is 6.07 Å². The van der Waals surface area contributed by atoms with Crippen LogP contribution in [-0.4, -0.2) is 15.8 Å². The molecule has 0 fully saturated rings. The van der Waals surface area contributed by atoms with Crippen LogP contribution in [0.4, 0.5) is 22.7 Å². The zero-order valence-corrected chi connectivity index (χ0v) is 13.4. The van der Waals surface area contributed by atoms with Gasteiger partial charge >= 0.3 is 0 Å². The number of anilines is 2. The Morgan fingerprint density at radius 1 is 1.00 bits per heavy atom. The molecular weight excluding hydrogens is 330 g/mol. The standard InChI is InChI=1S/C15H15N5O5/c1-8-3-9(2)5-10(4-8)17-14-12(15(21)18-16)6-11(19(22)23)7-13(14)20(24)25/h3-7,17H,16H2,1-2H3,(H,18,21). The average Bonchev–Trinajstić information content (AvgIpc) is 2.52. The van der Waals surface area contributed by atoms with Gasteiger partial charge in [0, 0.05) is 11.8 Å². The quantitative estimate of drug-likeness (QED) is 0.325. The number of nitrogens with zero attached hydrogens (tertiary/aromatic N) is 2. The Balaban J connectivity index is 2.70. The zero-order valence-electron chi connectivity index (χ0n) is 13.4. The van der Waals surface area contributed by atoms with Crippen LogP contribution >= 0.6 is 0 Å². The van der Waals surface area contributed by atoms with E-state index in [1.54, 1.807) is 12.1 Å². The zero-order chi connectivity index (χ0) is 18.7. The number of carbonyl (C=O) groups is 1. The number of carbonyl (C=O) groups excluding carboxylic acids is 1. The maximum absolute atomic E-state index is 12.0. The van der Waals surface area contributed by atoms with Crippen molar-refractivity contribution in [3.05, 3.63) is 67.3 Å². The highest BCUT2D eigenvalue weighted by molar-refractivity contribution is 6.03. The van der Waals surface area contributed by atoms with Crippen LogP contribution in [0.1, 0.15) is 21.5 Å². The average molecular weight is 345 g/mol. The summed E-state index contributed by atoms with van der Waals surface area (Å²) in [6.07, 6.45) is 0. The van der Waals surface area contributed by atoms with Gasteiger partial charge in [-0.25, -0.2) is 5.84 Å². The Morgan fingerprint density at radius 2 is 1.60 bits per heavy atom. The second kappa shape index (κ2) is 6.93. The molecule has 0 saturated carbocycles. The molecule has 10 heteroatoms. The number of amides is 1. The minimum Gasteiger partial charge on any atom is -0.349 e. The lowest BCUT2D eigenvalue weighted by Gasteiger charge is -2.13. The maximum atomic E-state index is 12.0. The molecule has 2 aromatic rings. The van der Waals surface area contributed by atoms with Gasteiger partial charge in [0.2, 0.25) is 0 Å². The van der Waals surface area contributed by atoms with E-state index in [1.807, 2.05) is 25.3 Å². The third kappa shape index (κ3) is 3.87. The van der Waals surface area contributed by atoms with Crippen LogP contribution in [0.5, 0.6) is 0 Å². The number of aryl methyl sites for hydroxylation is 2. The SMILES string of the molecule is Cc1cc(C)cc(Nc2c(C(=O)NN)cc([N+](=O)[O-])cc2[N+](=O)[O-])c1. The molecule has 0 bridgehead atoms. The molecule has 0 aliphatic heterocycles. The lowest BCUT2D eigenvalue weighted by Crippen LogP contribution is -2.30. The third-order valence-corrected chi connectivity index (χ3v) is 3.38. The van der Waals surface area contributed by atoms with Crippen LogP contribution in [0.3, 0.4) is 0 Å². The van der Waals surface area contributed by atoms with Crippen LogP contribution in [0.25, 0.3) is 0 Å². The molecule has 0 radical (unpaired) electrons. The number of nitro groups is 2. The minimum atomic E-state index is -0.890. The van der Waals surface area contributed by atoms with E-state index in [-0.39, 0.29) is 11.3 Å². The van der Waals surface area contributed by atoms with Crippen LogP contribution in [-0.2, 0) is 0 Å². The molecule has 130 valence electrons. The summed E-state index contributed by atoms with van der Waals surface area (Å²) in [5, 5.41) is 25.2. The first-order valence-electron chi connectivity index (χ1n) is 7.06. The smallest absolute Gasteiger partial charge is 0.300 e. The van der Waals surface area contributed by atoms with Crippen molar-refractivity contribution in [1.29, 1.82) is 0 Å². The molecule has 25 heavy (non-hydrogen) atoms. The van der Waals surface area contributed by atoms with E-state index < -0.39 is 27.1 Å². The molecule has 0 aromatic heterocycles. The number of benzene rings is 2. The Labute approximate surface area is 141 Å². The van der Waals surface area contributed by atoms with Gasteiger partial charge in [-0.3, -0.25) is 30.4 Å². The first kappa shape index (κ1) is 17.8.